The first-order chi connectivity index (χ1) is 17.5. The summed E-state index contributed by atoms with van der Waals surface area (Å²) in [5.41, 5.74) is -0.0937. The zero-order valence-electron chi connectivity index (χ0n) is 21.9. The molecule has 1 aliphatic carbocycles. The van der Waals surface area contributed by atoms with Gasteiger partial charge < -0.3 is 18.6 Å². The van der Waals surface area contributed by atoms with Gasteiger partial charge in [-0.05, 0) is 44.4 Å². The molecule has 0 unspecified atom stereocenters. The zero-order chi connectivity index (χ0) is 26.6. The molecule has 2 bridgehead atoms. The van der Waals surface area contributed by atoms with Gasteiger partial charge in [0.2, 0.25) is 5.60 Å². The number of aryl methyl sites for hydroxylation is 2. The van der Waals surface area contributed by atoms with Crippen molar-refractivity contribution in [2.45, 2.75) is 72.7 Å². The molecule has 2 aliphatic rings. The van der Waals surface area contributed by atoms with Crippen molar-refractivity contribution >= 4 is 22.9 Å². The topological polar surface area (TPSA) is 92.0 Å². The fraction of sp³-hybridized carbons (Fsp3) is 0.433. The molecule has 37 heavy (non-hydrogen) atoms. The summed E-state index contributed by atoms with van der Waals surface area (Å²) >= 11 is 0. The Morgan fingerprint density at radius 3 is 2.46 bits per heavy atom. The van der Waals surface area contributed by atoms with E-state index in [9.17, 15) is 14.4 Å². The van der Waals surface area contributed by atoms with E-state index in [0.717, 1.165) is 11.1 Å². The van der Waals surface area contributed by atoms with Crippen LogP contribution in [0.1, 0.15) is 63.0 Å². The molecule has 7 nitrogen and oxygen atoms in total. The van der Waals surface area contributed by atoms with E-state index < -0.39 is 22.4 Å². The van der Waals surface area contributed by atoms with Gasteiger partial charge in [-0.15, -0.1) is 0 Å². The van der Waals surface area contributed by atoms with E-state index >= 15 is 0 Å². The van der Waals surface area contributed by atoms with Crippen molar-refractivity contribution in [2.75, 3.05) is 0 Å². The summed E-state index contributed by atoms with van der Waals surface area (Å²) in [6.07, 6.45) is 1.49. The summed E-state index contributed by atoms with van der Waals surface area (Å²) in [5.74, 6) is 0.0147. The van der Waals surface area contributed by atoms with E-state index in [1.807, 2.05) is 58.9 Å². The average Bonchev–Trinajstić information content (AvgIpc) is 3.16. The lowest BCUT2D eigenvalue weighted by atomic mass is 9.66. The highest BCUT2D eigenvalue weighted by atomic mass is 16.6. The molecule has 0 spiro atoms. The molecule has 0 radical (unpaired) electrons. The minimum atomic E-state index is -1.35. The van der Waals surface area contributed by atoms with E-state index in [1.165, 1.54) is 6.07 Å². The molecule has 1 aliphatic heterocycles. The number of hydrogen-bond acceptors (Lipinski definition) is 7. The van der Waals surface area contributed by atoms with Crippen LogP contribution in [-0.2, 0) is 38.7 Å². The fourth-order valence-electron chi connectivity index (χ4n) is 5.67. The molecule has 7 heteroatoms. The average molecular weight is 505 g/mol. The Bertz CT molecular complexity index is 1470. The third-order valence-electron chi connectivity index (χ3n) is 8.59. The SMILES string of the molecule is CCc1cc(=O)c2ccc(OCc3cccc(C)c3)c(COC(=O)[C@]34CC[C@](C)(C(=O)O3)C4(C)C)c2o1. The van der Waals surface area contributed by atoms with E-state index in [1.54, 1.807) is 12.1 Å². The Balaban J connectivity index is 1.50. The van der Waals surface area contributed by atoms with Gasteiger partial charge in [-0.1, -0.05) is 50.6 Å². The highest BCUT2D eigenvalue weighted by molar-refractivity contribution is 5.93. The number of carbonyl (C=O) groups is 2. The quantitative estimate of drug-likeness (QED) is 0.397. The highest BCUT2D eigenvalue weighted by Gasteiger charge is 2.76. The molecule has 2 aromatic carbocycles. The van der Waals surface area contributed by atoms with Crippen molar-refractivity contribution in [3.05, 3.63) is 75.1 Å². The molecule has 2 heterocycles. The van der Waals surface area contributed by atoms with Gasteiger partial charge in [0.05, 0.1) is 16.4 Å². The molecule has 2 fully saturated rings. The van der Waals surface area contributed by atoms with Gasteiger partial charge in [-0.2, -0.15) is 0 Å². The molecule has 1 aromatic heterocycles. The van der Waals surface area contributed by atoms with E-state index in [2.05, 4.69) is 0 Å². The zero-order valence-corrected chi connectivity index (χ0v) is 21.9. The summed E-state index contributed by atoms with van der Waals surface area (Å²) < 4.78 is 23.7. The van der Waals surface area contributed by atoms with Crippen LogP contribution in [0.15, 0.2) is 51.7 Å². The van der Waals surface area contributed by atoms with E-state index in [-0.39, 0.29) is 18.0 Å². The number of rotatable bonds is 7. The first-order valence-corrected chi connectivity index (χ1v) is 12.7. The first kappa shape index (κ1) is 25.1. The Hall–Kier alpha value is -3.61. The van der Waals surface area contributed by atoms with Crippen LogP contribution in [0.3, 0.4) is 0 Å². The van der Waals surface area contributed by atoms with Crippen LogP contribution >= 0.6 is 0 Å². The first-order valence-electron chi connectivity index (χ1n) is 12.7. The van der Waals surface area contributed by atoms with Gasteiger partial charge in [0.25, 0.3) is 0 Å². The van der Waals surface area contributed by atoms with Gasteiger partial charge in [-0.25, -0.2) is 4.79 Å². The van der Waals surface area contributed by atoms with Gasteiger partial charge >= 0.3 is 11.9 Å². The Morgan fingerprint density at radius 1 is 1.03 bits per heavy atom. The van der Waals surface area contributed by atoms with Crippen LogP contribution in [0, 0.1) is 17.8 Å². The standard InChI is InChI=1S/C30H32O7/c1-6-20-15-23(31)21-10-11-24(34-16-19-9-7-8-18(2)14-19)22(25(21)36-20)17-35-27(33)30-13-12-29(5,26(32)37-30)28(30,3)4/h7-11,14-15H,6,12-13,16-17H2,1-5H3/t29-,30+/m1/s1. The summed E-state index contributed by atoms with van der Waals surface area (Å²) in [5, 5.41) is 0.380. The number of hydrogen-bond donors (Lipinski definition) is 0. The van der Waals surface area contributed by atoms with Crippen molar-refractivity contribution in [3.63, 3.8) is 0 Å². The molecule has 1 saturated heterocycles. The van der Waals surface area contributed by atoms with Crippen LogP contribution in [0.4, 0.5) is 0 Å². The van der Waals surface area contributed by atoms with Crippen LogP contribution in [0.5, 0.6) is 5.75 Å². The fourth-order valence-corrected chi connectivity index (χ4v) is 5.67. The van der Waals surface area contributed by atoms with Crippen molar-refractivity contribution in [1.82, 2.24) is 0 Å². The molecule has 3 aromatic rings. The van der Waals surface area contributed by atoms with E-state index in [0.29, 0.717) is 53.9 Å². The van der Waals surface area contributed by atoms with Gasteiger partial charge in [0, 0.05) is 17.9 Å². The molecular formula is C30H32O7. The molecule has 2 atom stereocenters. The molecule has 194 valence electrons. The third kappa shape index (κ3) is 3.74. The summed E-state index contributed by atoms with van der Waals surface area (Å²) in [6, 6.07) is 12.8. The maximum Gasteiger partial charge on any atom is 0.351 e. The second-order valence-corrected chi connectivity index (χ2v) is 10.9. The van der Waals surface area contributed by atoms with Gasteiger partial charge in [0.15, 0.2) is 5.43 Å². The largest absolute Gasteiger partial charge is 0.488 e. The minimum Gasteiger partial charge on any atom is -0.488 e. The molecule has 5 rings (SSSR count). The lowest BCUT2D eigenvalue weighted by molar-refractivity contribution is -0.184. The lowest BCUT2D eigenvalue weighted by Crippen LogP contribution is -2.48. The van der Waals surface area contributed by atoms with Crippen molar-refractivity contribution in [3.8, 4) is 5.75 Å². The van der Waals surface area contributed by atoms with Crippen LogP contribution in [0.2, 0.25) is 0 Å². The highest BCUT2D eigenvalue weighted by Crippen LogP contribution is 2.65. The summed E-state index contributed by atoms with van der Waals surface area (Å²) in [7, 11) is 0. The number of esters is 2. The Morgan fingerprint density at radius 2 is 1.81 bits per heavy atom. The lowest BCUT2D eigenvalue weighted by Gasteiger charge is -2.34. The molecule has 1 saturated carbocycles. The Kier molecular flexibility index (Phi) is 5.93. The number of benzene rings is 2. The van der Waals surface area contributed by atoms with Crippen LogP contribution < -0.4 is 10.2 Å². The Labute approximate surface area is 215 Å². The normalized spacial score (nSPS) is 23.8. The van der Waals surface area contributed by atoms with E-state index in [4.69, 9.17) is 18.6 Å². The van der Waals surface area contributed by atoms with Crippen molar-refractivity contribution < 1.29 is 28.2 Å². The summed E-state index contributed by atoms with van der Waals surface area (Å²) in [4.78, 5) is 38.9. The maximum atomic E-state index is 13.5. The van der Waals surface area contributed by atoms with Crippen LogP contribution in [-0.4, -0.2) is 17.5 Å². The monoisotopic (exact) mass is 504 g/mol. The predicted molar refractivity (Wildman–Crippen MR) is 137 cm³/mol. The third-order valence-corrected chi connectivity index (χ3v) is 8.59. The second-order valence-electron chi connectivity index (χ2n) is 10.9. The number of ether oxygens (including phenoxy) is 3. The second kappa shape index (κ2) is 8.75. The van der Waals surface area contributed by atoms with Crippen molar-refractivity contribution in [1.29, 1.82) is 0 Å². The van der Waals surface area contributed by atoms with Gasteiger partial charge in [-0.3, -0.25) is 9.59 Å². The molecule has 0 amide bonds. The molecular weight excluding hydrogens is 472 g/mol. The summed E-state index contributed by atoms with van der Waals surface area (Å²) in [6.45, 7) is 9.62. The van der Waals surface area contributed by atoms with Crippen LogP contribution in [0.25, 0.3) is 11.0 Å². The number of fused-ring (bicyclic) bond motifs is 3. The molecule has 0 N–H and O–H groups in total. The minimum absolute atomic E-state index is 0.174. The predicted octanol–water partition coefficient (Wildman–Crippen LogP) is 5.41. The van der Waals surface area contributed by atoms with Gasteiger partial charge in [0.1, 0.15) is 30.3 Å². The maximum absolute atomic E-state index is 13.5. The smallest absolute Gasteiger partial charge is 0.351 e. The van der Waals surface area contributed by atoms with Crippen molar-refractivity contribution in [2.24, 2.45) is 10.8 Å². The number of carbonyl (C=O) groups excluding carboxylic acids is 2.